The molecule has 29 heavy (non-hydrogen) atoms. The van der Waals surface area contributed by atoms with Gasteiger partial charge in [-0.1, -0.05) is 63.2 Å². The quantitative estimate of drug-likeness (QED) is 0.680. The van der Waals surface area contributed by atoms with Gasteiger partial charge in [-0.15, -0.1) is 0 Å². The van der Waals surface area contributed by atoms with Gasteiger partial charge in [0.05, 0.1) is 18.9 Å². The molecule has 2 aromatic carbocycles. The van der Waals surface area contributed by atoms with Gasteiger partial charge in [-0.2, -0.15) is 4.98 Å². The van der Waals surface area contributed by atoms with E-state index < -0.39 is 0 Å². The van der Waals surface area contributed by atoms with E-state index in [1.807, 2.05) is 18.2 Å². The third-order valence-corrected chi connectivity index (χ3v) is 5.12. The van der Waals surface area contributed by atoms with Gasteiger partial charge in [0.1, 0.15) is 5.82 Å². The van der Waals surface area contributed by atoms with Crippen LogP contribution in [-0.4, -0.2) is 36.3 Å². The molecule has 3 aromatic rings. The molecule has 2 heterocycles. The summed E-state index contributed by atoms with van der Waals surface area (Å²) in [6.45, 7) is 9.78. The van der Waals surface area contributed by atoms with Gasteiger partial charge in [0.15, 0.2) is 0 Å². The first-order valence-corrected chi connectivity index (χ1v) is 10.1. The van der Waals surface area contributed by atoms with Gasteiger partial charge in [0, 0.05) is 30.4 Å². The Bertz CT molecular complexity index is 943. The van der Waals surface area contributed by atoms with Crippen LogP contribution >= 0.6 is 0 Å². The summed E-state index contributed by atoms with van der Waals surface area (Å²) in [4.78, 5) is 11.8. The van der Waals surface area contributed by atoms with Crippen LogP contribution < -0.4 is 10.2 Å². The molecule has 0 radical (unpaired) electrons. The highest BCUT2D eigenvalue weighted by atomic mass is 16.5. The highest BCUT2D eigenvalue weighted by Gasteiger charge is 2.16. The summed E-state index contributed by atoms with van der Waals surface area (Å²) < 4.78 is 5.50. The molecule has 0 aliphatic carbocycles. The smallest absolute Gasteiger partial charge is 0.229 e. The van der Waals surface area contributed by atoms with Gasteiger partial charge in [-0.05, 0) is 23.1 Å². The number of nitrogens with zero attached hydrogens (tertiary/aromatic N) is 3. The maximum absolute atomic E-state index is 5.50. The van der Waals surface area contributed by atoms with Crippen molar-refractivity contribution in [3.8, 4) is 11.3 Å². The van der Waals surface area contributed by atoms with E-state index in [9.17, 15) is 0 Å². The van der Waals surface area contributed by atoms with E-state index in [2.05, 4.69) is 73.5 Å². The molecule has 4 rings (SSSR count). The maximum atomic E-state index is 5.50. The Kier molecular flexibility index (Phi) is 5.49. The third-order valence-electron chi connectivity index (χ3n) is 5.12. The molecule has 0 saturated carbocycles. The van der Waals surface area contributed by atoms with Crippen LogP contribution in [0.1, 0.15) is 26.3 Å². The van der Waals surface area contributed by atoms with Crippen molar-refractivity contribution in [2.45, 2.75) is 26.2 Å². The van der Waals surface area contributed by atoms with E-state index in [4.69, 9.17) is 14.7 Å². The monoisotopic (exact) mass is 388 g/mol. The highest BCUT2D eigenvalue weighted by Crippen LogP contribution is 2.27. The van der Waals surface area contributed by atoms with Crippen molar-refractivity contribution in [3.05, 3.63) is 66.2 Å². The Hall–Kier alpha value is -2.92. The SMILES string of the molecule is CC(C)(C)c1ccc(Nc2nc(-c3ccccc3)cc(N3CCOCC3)n2)cc1. The Morgan fingerprint density at radius 3 is 2.24 bits per heavy atom. The lowest BCUT2D eigenvalue weighted by molar-refractivity contribution is 0.122. The normalized spacial score (nSPS) is 14.7. The minimum Gasteiger partial charge on any atom is -0.378 e. The minimum absolute atomic E-state index is 0.131. The number of rotatable bonds is 4. The second kappa shape index (κ2) is 8.21. The molecule has 1 aromatic heterocycles. The van der Waals surface area contributed by atoms with Crippen molar-refractivity contribution in [2.75, 3.05) is 36.5 Å². The number of ether oxygens (including phenoxy) is 1. The first-order chi connectivity index (χ1) is 14.0. The molecule has 0 unspecified atom stereocenters. The molecule has 1 aliphatic heterocycles. The Morgan fingerprint density at radius 1 is 0.897 bits per heavy atom. The molecule has 5 heteroatoms. The van der Waals surface area contributed by atoms with E-state index in [0.29, 0.717) is 5.95 Å². The van der Waals surface area contributed by atoms with Crippen molar-refractivity contribution < 1.29 is 4.74 Å². The van der Waals surface area contributed by atoms with Crippen molar-refractivity contribution in [2.24, 2.45) is 0 Å². The molecule has 0 bridgehead atoms. The van der Waals surface area contributed by atoms with Crippen LogP contribution in [0.4, 0.5) is 17.5 Å². The van der Waals surface area contributed by atoms with E-state index in [1.54, 1.807) is 0 Å². The lowest BCUT2D eigenvalue weighted by Gasteiger charge is -2.28. The fourth-order valence-corrected chi connectivity index (χ4v) is 3.38. The first kappa shape index (κ1) is 19.4. The summed E-state index contributed by atoms with van der Waals surface area (Å²) >= 11 is 0. The number of morpholine rings is 1. The molecule has 1 saturated heterocycles. The fraction of sp³-hybridized carbons (Fsp3) is 0.333. The Labute approximate surface area is 172 Å². The number of benzene rings is 2. The van der Waals surface area contributed by atoms with E-state index >= 15 is 0 Å². The average Bonchev–Trinajstić information content (AvgIpc) is 2.74. The van der Waals surface area contributed by atoms with E-state index in [1.165, 1.54) is 5.56 Å². The summed E-state index contributed by atoms with van der Waals surface area (Å²) in [6, 6.07) is 20.8. The molecular formula is C24H28N4O. The summed E-state index contributed by atoms with van der Waals surface area (Å²) in [5, 5.41) is 3.39. The topological polar surface area (TPSA) is 50.3 Å². The molecule has 0 atom stereocenters. The second-order valence-electron chi connectivity index (χ2n) is 8.35. The lowest BCUT2D eigenvalue weighted by atomic mass is 9.87. The standard InChI is InChI=1S/C24H28N4O/c1-24(2,3)19-9-11-20(12-10-19)25-23-26-21(18-7-5-4-6-8-18)17-22(27-23)28-13-15-29-16-14-28/h4-12,17H,13-16H2,1-3H3,(H,25,26,27). The summed E-state index contributed by atoms with van der Waals surface area (Å²) in [6.07, 6.45) is 0. The molecular weight excluding hydrogens is 360 g/mol. The highest BCUT2D eigenvalue weighted by molar-refractivity contribution is 5.66. The van der Waals surface area contributed by atoms with Crippen LogP contribution in [-0.2, 0) is 10.2 Å². The van der Waals surface area contributed by atoms with Crippen LogP contribution in [0.5, 0.6) is 0 Å². The van der Waals surface area contributed by atoms with Gasteiger partial charge >= 0.3 is 0 Å². The van der Waals surface area contributed by atoms with Crippen LogP contribution in [0.2, 0.25) is 0 Å². The minimum atomic E-state index is 0.131. The molecule has 0 spiro atoms. The van der Waals surface area contributed by atoms with E-state index in [0.717, 1.165) is 49.1 Å². The zero-order valence-corrected chi connectivity index (χ0v) is 17.4. The number of nitrogens with one attached hydrogen (secondary N) is 1. The van der Waals surface area contributed by atoms with Gasteiger partial charge in [-0.25, -0.2) is 4.98 Å². The van der Waals surface area contributed by atoms with Gasteiger partial charge in [0.2, 0.25) is 5.95 Å². The van der Waals surface area contributed by atoms with Crippen LogP contribution in [0.3, 0.4) is 0 Å². The molecule has 1 aliphatic rings. The van der Waals surface area contributed by atoms with Crippen molar-refractivity contribution in [3.63, 3.8) is 0 Å². The molecule has 0 amide bonds. The zero-order valence-electron chi connectivity index (χ0n) is 17.4. The predicted octanol–water partition coefficient (Wildman–Crippen LogP) is 5.02. The zero-order chi connectivity index (χ0) is 20.3. The molecule has 1 fully saturated rings. The molecule has 5 nitrogen and oxygen atoms in total. The van der Waals surface area contributed by atoms with Gasteiger partial charge in [0.25, 0.3) is 0 Å². The summed E-state index contributed by atoms with van der Waals surface area (Å²) in [5.74, 6) is 1.53. The van der Waals surface area contributed by atoms with Gasteiger partial charge < -0.3 is 15.0 Å². The predicted molar refractivity (Wildman–Crippen MR) is 119 cm³/mol. The number of hydrogen-bond donors (Lipinski definition) is 1. The average molecular weight is 389 g/mol. The molecule has 150 valence electrons. The van der Waals surface area contributed by atoms with Crippen LogP contribution in [0, 0.1) is 0 Å². The summed E-state index contributed by atoms with van der Waals surface area (Å²) in [7, 11) is 0. The first-order valence-electron chi connectivity index (χ1n) is 10.1. The second-order valence-corrected chi connectivity index (χ2v) is 8.35. The van der Waals surface area contributed by atoms with Crippen molar-refractivity contribution >= 4 is 17.5 Å². The Balaban J connectivity index is 1.66. The van der Waals surface area contributed by atoms with Crippen molar-refractivity contribution in [1.29, 1.82) is 0 Å². The van der Waals surface area contributed by atoms with Crippen molar-refractivity contribution in [1.82, 2.24) is 9.97 Å². The number of hydrogen-bond acceptors (Lipinski definition) is 5. The van der Waals surface area contributed by atoms with Crippen LogP contribution in [0.15, 0.2) is 60.7 Å². The summed E-state index contributed by atoms with van der Waals surface area (Å²) in [5.41, 5.74) is 4.41. The lowest BCUT2D eigenvalue weighted by Crippen LogP contribution is -2.36. The van der Waals surface area contributed by atoms with Crippen LogP contribution in [0.25, 0.3) is 11.3 Å². The Morgan fingerprint density at radius 2 is 1.59 bits per heavy atom. The third kappa shape index (κ3) is 4.74. The van der Waals surface area contributed by atoms with E-state index in [-0.39, 0.29) is 5.41 Å². The molecule has 1 N–H and O–H groups in total. The van der Waals surface area contributed by atoms with Gasteiger partial charge in [-0.3, -0.25) is 0 Å². The number of aromatic nitrogens is 2. The number of anilines is 3. The largest absolute Gasteiger partial charge is 0.378 e. The fourth-order valence-electron chi connectivity index (χ4n) is 3.38. The maximum Gasteiger partial charge on any atom is 0.229 e.